The summed E-state index contributed by atoms with van der Waals surface area (Å²) in [6.45, 7) is 4.19. The average molecular weight is 267 g/mol. The van der Waals surface area contributed by atoms with Gasteiger partial charge in [-0.3, -0.25) is 4.79 Å². The van der Waals surface area contributed by atoms with Gasteiger partial charge in [0.25, 0.3) is 0 Å². The van der Waals surface area contributed by atoms with Crippen molar-refractivity contribution in [3.63, 3.8) is 0 Å². The van der Waals surface area contributed by atoms with Gasteiger partial charge in [-0.1, -0.05) is 0 Å². The van der Waals surface area contributed by atoms with Crippen molar-refractivity contribution in [2.45, 2.75) is 19.9 Å². The fourth-order valence-corrected chi connectivity index (χ4v) is 2.44. The number of nitrogens with zero attached hydrogens (tertiary/aromatic N) is 2. The number of aromatic nitrogens is 2. The molecule has 1 heterocycles. The van der Waals surface area contributed by atoms with Crippen molar-refractivity contribution in [3.05, 3.63) is 28.5 Å². The van der Waals surface area contributed by atoms with E-state index in [4.69, 9.17) is 0 Å². The molecule has 0 bridgehead atoms. The Morgan fingerprint density at radius 2 is 2.20 bits per heavy atom. The Bertz CT molecular complexity index is 517. The van der Waals surface area contributed by atoms with Crippen molar-refractivity contribution in [2.24, 2.45) is 0 Å². The molecule has 0 aliphatic rings. The molecule has 2 aromatic rings. The van der Waals surface area contributed by atoms with Gasteiger partial charge in [-0.2, -0.15) is 0 Å². The molecule has 0 N–H and O–H groups in total. The van der Waals surface area contributed by atoms with Gasteiger partial charge in [0, 0.05) is 11.6 Å². The third-order valence-electron chi connectivity index (χ3n) is 2.32. The monoisotopic (exact) mass is 266 g/mol. The van der Waals surface area contributed by atoms with Crippen molar-refractivity contribution < 1.29 is 4.79 Å². The van der Waals surface area contributed by atoms with Crippen molar-refractivity contribution in [2.75, 3.05) is 0 Å². The topological polar surface area (TPSA) is 34.9 Å². The lowest BCUT2D eigenvalue weighted by atomic mass is 10.2. The minimum Gasteiger partial charge on any atom is -0.316 e. The van der Waals surface area contributed by atoms with Crippen LogP contribution in [0.4, 0.5) is 0 Å². The second-order valence-corrected chi connectivity index (χ2v) is 4.42. The zero-order valence-corrected chi connectivity index (χ0v) is 10.2. The van der Waals surface area contributed by atoms with Crippen LogP contribution in [0.15, 0.2) is 22.9 Å². The summed E-state index contributed by atoms with van der Waals surface area (Å²) in [5.41, 5.74) is 2.55. The molecule has 0 spiro atoms. The fourth-order valence-electron chi connectivity index (χ4n) is 1.65. The third kappa shape index (κ3) is 1.69. The highest BCUT2D eigenvalue weighted by atomic mass is 79.9. The minimum atomic E-state index is 0.339. The number of carbonyl (C=O) groups excluding carboxylic acids is 1. The van der Waals surface area contributed by atoms with Gasteiger partial charge in [-0.05, 0) is 48.0 Å². The van der Waals surface area contributed by atoms with Crippen molar-refractivity contribution in [3.8, 4) is 0 Å². The Morgan fingerprint density at radius 3 is 2.80 bits per heavy atom. The largest absolute Gasteiger partial charge is 0.316 e. The summed E-state index contributed by atoms with van der Waals surface area (Å²) in [6.07, 6.45) is 0.835. The van der Waals surface area contributed by atoms with Gasteiger partial charge in [0.1, 0.15) is 6.29 Å². The summed E-state index contributed by atoms with van der Waals surface area (Å²) < 4.78 is 2.89. The summed E-state index contributed by atoms with van der Waals surface area (Å²) in [5.74, 6) is 0. The minimum absolute atomic E-state index is 0.339. The summed E-state index contributed by atoms with van der Waals surface area (Å²) in [7, 11) is 0. The SMILES string of the molecule is CC(C)n1c(Br)nc2cc(C=O)ccc21. The highest BCUT2D eigenvalue weighted by molar-refractivity contribution is 9.10. The summed E-state index contributed by atoms with van der Waals surface area (Å²) in [6, 6.07) is 5.87. The van der Waals surface area contributed by atoms with Gasteiger partial charge in [0.05, 0.1) is 11.0 Å². The maximum atomic E-state index is 10.6. The van der Waals surface area contributed by atoms with E-state index < -0.39 is 0 Å². The van der Waals surface area contributed by atoms with E-state index in [1.165, 1.54) is 0 Å². The van der Waals surface area contributed by atoms with Crippen LogP contribution in [0.2, 0.25) is 0 Å². The molecule has 0 amide bonds. The number of fused-ring (bicyclic) bond motifs is 1. The molecule has 1 aromatic heterocycles. The standard InChI is InChI=1S/C11H11BrN2O/c1-7(2)14-10-4-3-8(6-15)5-9(10)13-11(14)12/h3-7H,1-2H3. The van der Waals surface area contributed by atoms with E-state index in [0.717, 1.165) is 22.1 Å². The van der Waals surface area contributed by atoms with E-state index in [9.17, 15) is 4.79 Å². The molecular formula is C11H11BrN2O. The van der Waals surface area contributed by atoms with Gasteiger partial charge in [0.2, 0.25) is 0 Å². The second-order valence-electron chi connectivity index (χ2n) is 3.71. The number of rotatable bonds is 2. The lowest BCUT2D eigenvalue weighted by Gasteiger charge is -2.09. The number of hydrogen-bond donors (Lipinski definition) is 0. The first kappa shape index (κ1) is 10.4. The number of imidazole rings is 1. The van der Waals surface area contributed by atoms with E-state index in [-0.39, 0.29) is 0 Å². The molecule has 0 saturated carbocycles. The molecule has 0 fully saturated rings. The zero-order valence-electron chi connectivity index (χ0n) is 8.57. The van der Waals surface area contributed by atoms with Crippen LogP contribution in [0.25, 0.3) is 11.0 Å². The summed E-state index contributed by atoms with van der Waals surface area (Å²) in [4.78, 5) is 15.0. The van der Waals surface area contributed by atoms with Crippen LogP contribution < -0.4 is 0 Å². The highest BCUT2D eigenvalue weighted by Crippen LogP contribution is 2.24. The normalized spacial score (nSPS) is 11.2. The molecule has 0 aliphatic heterocycles. The van der Waals surface area contributed by atoms with Crippen molar-refractivity contribution in [1.82, 2.24) is 9.55 Å². The molecule has 0 atom stereocenters. The number of halogens is 1. The molecule has 0 aliphatic carbocycles. The number of hydrogen-bond acceptors (Lipinski definition) is 2. The van der Waals surface area contributed by atoms with E-state index in [0.29, 0.717) is 11.6 Å². The van der Waals surface area contributed by atoms with Crippen molar-refractivity contribution in [1.29, 1.82) is 0 Å². The molecular weight excluding hydrogens is 256 g/mol. The summed E-state index contributed by atoms with van der Waals surface area (Å²) in [5, 5.41) is 0. The zero-order chi connectivity index (χ0) is 11.0. The quantitative estimate of drug-likeness (QED) is 0.783. The molecule has 78 valence electrons. The van der Waals surface area contributed by atoms with Crippen LogP contribution in [-0.2, 0) is 0 Å². The first-order valence-corrected chi connectivity index (χ1v) is 5.55. The molecule has 2 rings (SSSR count). The van der Waals surface area contributed by atoms with Gasteiger partial charge in [-0.25, -0.2) is 4.98 Å². The smallest absolute Gasteiger partial charge is 0.178 e. The Balaban J connectivity index is 2.73. The summed E-state index contributed by atoms with van der Waals surface area (Å²) >= 11 is 3.42. The average Bonchev–Trinajstić information content (AvgIpc) is 2.52. The van der Waals surface area contributed by atoms with Gasteiger partial charge in [-0.15, -0.1) is 0 Å². The van der Waals surface area contributed by atoms with E-state index in [2.05, 4.69) is 39.3 Å². The maximum Gasteiger partial charge on any atom is 0.178 e. The van der Waals surface area contributed by atoms with Crippen molar-refractivity contribution >= 4 is 33.2 Å². The first-order valence-electron chi connectivity index (χ1n) is 4.76. The molecule has 4 heteroatoms. The van der Waals surface area contributed by atoms with Crippen LogP contribution >= 0.6 is 15.9 Å². The highest BCUT2D eigenvalue weighted by Gasteiger charge is 2.10. The number of benzene rings is 1. The lowest BCUT2D eigenvalue weighted by Crippen LogP contribution is -2.00. The van der Waals surface area contributed by atoms with E-state index in [1.54, 1.807) is 6.07 Å². The van der Waals surface area contributed by atoms with Crippen LogP contribution in [0.3, 0.4) is 0 Å². The predicted octanol–water partition coefficient (Wildman–Crippen LogP) is 3.19. The Hall–Kier alpha value is -1.16. The maximum absolute atomic E-state index is 10.6. The molecule has 0 unspecified atom stereocenters. The molecule has 0 saturated heterocycles. The first-order chi connectivity index (χ1) is 7.13. The Kier molecular flexibility index (Phi) is 2.61. The molecule has 3 nitrogen and oxygen atoms in total. The Labute approximate surface area is 96.2 Å². The second kappa shape index (κ2) is 3.77. The fraction of sp³-hybridized carbons (Fsp3) is 0.273. The van der Waals surface area contributed by atoms with Gasteiger partial charge >= 0.3 is 0 Å². The predicted molar refractivity (Wildman–Crippen MR) is 63.2 cm³/mol. The van der Waals surface area contributed by atoms with Gasteiger partial charge < -0.3 is 4.57 Å². The van der Waals surface area contributed by atoms with Gasteiger partial charge in [0.15, 0.2) is 4.73 Å². The van der Waals surface area contributed by atoms with E-state index in [1.807, 2.05) is 12.1 Å². The number of aldehydes is 1. The van der Waals surface area contributed by atoms with Crippen LogP contribution in [-0.4, -0.2) is 15.8 Å². The van der Waals surface area contributed by atoms with Crippen LogP contribution in [0, 0.1) is 0 Å². The number of carbonyl (C=O) groups is 1. The van der Waals surface area contributed by atoms with E-state index >= 15 is 0 Å². The van der Waals surface area contributed by atoms with Crippen LogP contribution in [0.1, 0.15) is 30.2 Å². The molecule has 1 aromatic carbocycles. The molecule has 0 radical (unpaired) electrons. The third-order valence-corrected chi connectivity index (χ3v) is 2.88. The lowest BCUT2D eigenvalue weighted by molar-refractivity contribution is 0.112. The Morgan fingerprint density at radius 1 is 1.47 bits per heavy atom. The molecule has 15 heavy (non-hydrogen) atoms. The van der Waals surface area contributed by atoms with Crippen LogP contribution in [0.5, 0.6) is 0 Å².